The van der Waals surface area contributed by atoms with Crippen molar-refractivity contribution in [2.45, 2.75) is 64.5 Å². The van der Waals surface area contributed by atoms with Crippen LogP contribution in [0.4, 0.5) is 0 Å². The van der Waals surface area contributed by atoms with Crippen LogP contribution in [-0.4, -0.2) is 19.3 Å². The molecule has 1 aromatic rings. The Kier molecular flexibility index (Phi) is 7.86. The molecule has 2 heteroatoms. The molecule has 1 rings (SSSR count). The minimum atomic E-state index is 0.0130. The number of hydrogen-bond donors (Lipinski definition) is 1. The molecule has 20 heavy (non-hydrogen) atoms. The second kappa shape index (κ2) is 9.15. The normalized spacial score (nSPS) is 13.4. The molecule has 0 heterocycles. The zero-order valence-electron chi connectivity index (χ0n) is 13.6. The van der Waals surface area contributed by atoms with Gasteiger partial charge in [0, 0.05) is 13.2 Å². The van der Waals surface area contributed by atoms with Crippen LogP contribution in [0.1, 0.15) is 64.5 Å². The molecule has 0 aliphatic rings. The monoisotopic (exact) mass is 277 g/mol. The molecule has 0 aliphatic heterocycles. The highest BCUT2D eigenvalue weighted by Gasteiger charge is 2.16. The average Bonchev–Trinajstić information content (AvgIpc) is 2.47. The Morgan fingerprint density at radius 3 is 2.45 bits per heavy atom. The van der Waals surface area contributed by atoms with E-state index in [2.05, 4.69) is 56.4 Å². The molecule has 0 aromatic heterocycles. The van der Waals surface area contributed by atoms with Gasteiger partial charge in [-0.1, -0.05) is 50.1 Å². The highest BCUT2D eigenvalue weighted by molar-refractivity contribution is 5.18. The van der Waals surface area contributed by atoms with E-state index < -0.39 is 0 Å². The Labute approximate surface area is 124 Å². The second-order valence-corrected chi connectivity index (χ2v) is 6.13. The van der Waals surface area contributed by atoms with Gasteiger partial charge in [-0.05, 0) is 45.2 Å². The summed E-state index contributed by atoms with van der Waals surface area (Å²) in [6.07, 6.45) is 5.96. The number of methoxy groups -OCH3 is 1. The Bertz CT molecular complexity index is 348. The lowest BCUT2D eigenvalue weighted by Gasteiger charge is -2.24. The van der Waals surface area contributed by atoms with Crippen molar-refractivity contribution in [2.24, 2.45) is 0 Å². The third-order valence-electron chi connectivity index (χ3n) is 3.92. The maximum Gasteiger partial charge on any atom is 0.0622 e. The molecule has 1 N–H and O–H groups in total. The lowest BCUT2D eigenvalue weighted by molar-refractivity contribution is 0.0133. The predicted molar refractivity (Wildman–Crippen MR) is 87.0 cm³/mol. The zero-order valence-corrected chi connectivity index (χ0v) is 13.6. The summed E-state index contributed by atoms with van der Waals surface area (Å²) in [4.78, 5) is 0. The van der Waals surface area contributed by atoms with E-state index in [1.807, 2.05) is 0 Å². The minimum absolute atomic E-state index is 0.0130. The van der Waals surface area contributed by atoms with Crippen molar-refractivity contribution in [1.29, 1.82) is 0 Å². The third-order valence-corrected chi connectivity index (χ3v) is 3.92. The lowest BCUT2D eigenvalue weighted by Crippen LogP contribution is -2.23. The van der Waals surface area contributed by atoms with Gasteiger partial charge in [-0.3, -0.25) is 0 Å². The fourth-order valence-electron chi connectivity index (χ4n) is 2.39. The molecule has 0 fully saturated rings. The summed E-state index contributed by atoms with van der Waals surface area (Å²) in [7, 11) is 1.80. The first-order chi connectivity index (χ1) is 9.59. The smallest absolute Gasteiger partial charge is 0.0622 e. The summed E-state index contributed by atoms with van der Waals surface area (Å²) in [6.45, 7) is 7.63. The van der Waals surface area contributed by atoms with Gasteiger partial charge in [0.15, 0.2) is 0 Å². The van der Waals surface area contributed by atoms with Gasteiger partial charge >= 0.3 is 0 Å². The van der Waals surface area contributed by atoms with E-state index in [9.17, 15) is 0 Å². The predicted octanol–water partition coefficient (Wildman–Crippen LogP) is 4.71. The van der Waals surface area contributed by atoms with Crippen LogP contribution in [0.15, 0.2) is 30.3 Å². The van der Waals surface area contributed by atoms with Gasteiger partial charge in [0.2, 0.25) is 0 Å². The SMILES string of the molecule is CCCNC(CCCCC(C)(C)OC)c1ccccc1. The van der Waals surface area contributed by atoms with Crippen molar-refractivity contribution in [3.05, 3.63) is 35.9 Å². The van der Waals surface area contributed by atoms with Gasteiger partial charge in [-0.15, -0.1) is 0 Å². The molecule has 0 amide bonds. The van der Waals surface area contributed by atoms with Gasteiger partial charge in [-0.25, -0.2) is 0 Å². The van der Waals surface area contributed by atoms with Gasteiger partial charge in [0.25, 0.3) is 0 Å². The topological polar surface area (TPSA) is 21.3 Å². The second-order valence-electron chi connectivity index (χ2n) is 6.13. The van der Waals surface area contributed by atoms with Gasteiger partial charge < -0.3 is 10.1 Å². The van der Waals surface area contributed by atoms with Crippen LogP contribution in [0.25, 0.3) is 0 Å². The summed E-state index contributed by atoms with van der Waals surface area (Å²) in [5.74, 6) is 0. The lowest BCUT2D eigenvalue weighted by atomic mass is 9.96. The molecular formula is C18H31NO. The third kappa shape index (κ3) is 6.53. The van der Waals surface area contributed by atoms with Crippen LogP contribution in [0.5, 0.6) is 0 Å². The molecule has 0 radical (unpaired) electrons. The Balaban J connectivity index is 2.42. The Morgan fingerprint density at radius 2 is 1.85 bits per heavy atom. The Hall–Kier alpha value is -0.860. The van der Waals surface area contributed by atoms with Crippen LogP contribution < -0.4 is 5.32 Å². The van der Waals surface area contributed by atoms with E-state index >= 15 is 0 Å². The number of ether oxygens (including phenoxy) is 1. The largest absolute Gasteiger partial charge is 0.379 e. The quantitative estimate of drug-likeness (QED) is 0.625. The average molecular weight is 277 g/mol. The molecule has 0 saturated heterocycles. The highest BCUT2D eigenvalue weighted by Crippen LogP contribution is 2.22. The number of benzene rings is 1. The van der Waals surface area contributed by atoms with Crippen molar-refractivity contribution in [1.82, 2.24) is 5.32 Å². The fraction of sp³-hybridized carbons (Fsp3) is 0.667. The summed E-state index contributed by atoms with van der Waals surface area (Å²) >= 11 is 0. The molecule has 0 aliphatic carbocycles. The fourth-order valence-corrected chi connectivity index (χ4v) is 2.39. The number of hydrogen-bond acceptors (Lipinski definition) is 2. The van der Waals surface area contributed by atoms with E-state index in [1.54, 1.807) is 7.11 Å². The van der Waals surface area contributed by atoms with E-state index in [0.29, 0.717) is 6.04 Å². The molecule has 1 atom stereocenters. The highest BCUT2D eigenvalue weighted by atomic mass is 16.5. The first-order valence-electron chi connectivity index (χ1n) is 7.92. The van der Waals surface area contributed by atoms with Crippen LogP contribution in [0.2, 0.25) is 0 Å². The maximum absolute atomic E-state index is 5.48. The minimum Gasteiger partial charge on any atom is -0.379 e. The maximum atomic E-state index is 5.48. The molecule has 0 bridgehead atoms. The van der Waals surface area contributed by atoms with Crippen LogP contribution >= 0.6 is 0 Å². The standard InChI is InChI=1S/C18H31NO/c1-5-15-19-17(16-11-7-6-8-12-16)13-9-10-14-18(2,3)20-4/h6-8,11-12,17,19H,5,9-10,13-15H2,1-4H3. The van der Waals surface area contributed by atoms with Crippen molar-refractivity contribution < 1.29 is 4.74 Å². The van der Waals surface area contributed by atoms with Crippen LogP contribution in [-0.2, 0) is 4.74 Å². The summed E-state index contributed by atoms with van der Waals surface area (Å²) < 4.78 is 5.48. The van der Waals surface area contributed by atoms with Crippen LogP contribution in [0, 0.1) is 0 Å². The molecule has 114 valence electrons. The summed E-state index contributed by atoms with van der Waals surface area (Å²) in [5.41, 5.74) is 1.42. The molecule has 2 nitrogen and oxygen atoms in total. The van der Waals surface area contributed by atoms with Crippen molar-refractivity contribution in [3.63, 3.8) is 0 Å². The van der Waals surface area contributed by atoms with Crippen molar-refractivity contribution in [3.8, 4) is 0 Å². The van der Waals surface area contributed by atoms with Gasteiger partial charge in [0.05, 0.1) is 5.60 Å². The molecule has 0 spiro atoms. The number of rotatable bonds is 10. The summed E-state index contributed by atoms with van der Waals surface area (Å²) in [6, 6.07) is 11.3. The van der Waals surface area contributed by atoms with Crippen molar-refractivity contribution >= 4 is 0 Å². The van der Waals surface area contributed by atoms with Crippen molar-refractivity contribution in [2.75, 3.05) is 13.7 Å². The molecule has 0 saturated carbocycles. The van der Waals surface area contributed by atoms with Gasteiger partial charge in [-0.2, -0.15) is 0 Å². The number of nitrogens with one attached hydrogen (secondary N) is 1. The van der Waals surface area contributed by atoms with E-state index in [4.69, 9.17) is 4.74 Å². The van der Waals surface area contributed by atoms with E-state index in [1.165, 1.54) is 31.2 Å². The first-order valence-corrected chi connectivity index (χ1v) is 7.92. The van der Waals surface area contributed by atoms with E-state index in [0.717, 1.165) is 13.0 Å². The molecular weight excluding hydrogens is 246 g/mol. The zero-order chi connectivity index (χ0) is 14.8. The molecule has 1 unspecified atom stereocenters. The van der Waals surface area contributed by atoms with E-state index in [-0.39, 0.29) is 5.60 Å². The van der Waals surface area contributed by atoms with Crippen LogP contribution in [0.3, 0.4) is 0 Å². The number of unbranched alkanes of at least 4 members (excludes halogenated alkanes) is 1. The van der Waals surface area contributed by atoms with Gasteiger partial charge in [0.1, 0.15) is 0 Å². The Morgan fingerprint density at radius 1 is 1.15 bits per heavy atom. The first kappa shape index (κ1) is 17.2. The molecule has 1 aromatic carbocycles. The summed E-state index contributed by atoms with van der Waals surface area (Å²) in [5, 5.41) is 3.67.